The molecule has 0 unspecified atom stereocenters. The largest absolute Gasteiger partial charge is 0.383 e. The van der Waals surface area contributed by atoms with Crippen molar-refractivity contribution in [2.24, 2.45) is 0 Å². The summed E-state index contributed by atoms with van der Waals surface area (Å²) in [5, 5.41) is 3.32. The summed E-state index contributed by atoms with van der Waals surface area (Å²) in [6.45, 7) is 11.5. The molecule has 0 saturated heterocycles. The summed E-state index contributed by atoms with van der Waals surface area (Å²) in [4.78, 5) is 8.83. The highest BCUT2D eigenvalue weighted by molar-refractivity contribution is 5.54. The third kappa shape index (κ3) is 4.67. The lowest BCUT2D eigenvalue weighted by atomic mass is 10.1. The predicted molar refractivity (Wildman–Crippen MR) is 79.4 cm³/mol. The fourth-order valence-corrected chi connectivity index (χ4v) is 1.83. The first-order valence-electron chi connectivity index (χ1n) is 6.90. The summed E-state index contributed by atoms with van der Waals surface area (Å²) < 4.78 is 5.66. The standard InChI is InChI=1S/C14H26N4O/c1-6-8-11-17-12(15)10(3)13(18-11)16-9-14(4,5)19-7-2/h6-9H2,1-5H3,(H3,15,16,17,18). The molecule has 1 heterocycles. The first-order chi connectivity index (χ1) is 8.89. The highest BCUT2D eigenvalue weighted by atomic mass is 16.5. The number of nitrogen functional groups attached to an aromatic ring is 1. The number of anilines is 2. The van der Waals surface area contributed by atoms with E-state index >= 15 is 0 Å². The van der Waals surface area contributed by atoms with Gasteiger partial charge in [0, 0.05) is 25.1 Å². The number of nitrogens with zero attached hydrogens (tertiary/aromatic N) is 2. The lowest BCUT2D eigenvalue weighted by Crippen LogP contribution is -2.34. The summed E-state index contributed by atoms with van der Waals surface area (Å²) in [5.74, 6) is 2.15. The highest BCUT2D eigenvalue weighted by Gasteiger charge is 2.18. The Hall–Kier alpha value is -1.36. The third-order valence-electron chi connectivity index (χ3n) is 2.92. The van der Waals surface area contributed by atoms with E-state index in [-0.39, 0.29) is 5.60 Å². The summed E-state index contributed by atoms with van der Waals surface area (Å²) >= 11 is 0. The second-order valence-electron chi connectivity index (χ2n) is 5.29. The molecule has 0 aromatic carbocycles. The van der Waals surface area contributed by atoms with Crippen molar-refractivity contribution in [1.29, 1.82) is 0 Å². The van der Waals surface area contributed by atoms with Crippen LogP contribution in [0.3, 0.4) is 0 Å². The van der Waals surface area contributed by atoms with Crippen LogP contribution in [0.2, 0.25) is 0 Å². The molecule has 1 rings (SSSR count). The van der Waals surface area contributed by atoms with Crippen molar-refractivity contribution in [3.63, 3.8) is 0 Å². The number of aryl methyl sites for hydroxylation is 1. The first kappa shape index (κ1) is 15.7. The lowest BCUT2D eigenvalue weighted by molar-refractivity contribution is 0.000631. The average molecular weight is 266 g/mol. The zero-order valence-corrected chi connectivity index (χ0v) is 12.7. The van der Waals surface area contributed by atoms with Gasteiger partial charge in [-0.3, -0.25) is 0 Å². The molecule has 3 N–H and O–H groups in total. The number of nitrogens with two attached hydrogens (primary N) is 1. The Morgan fingerprint density at radius 1 is 1.26 bits per heavy atom. The van der Waals surface area contributed by atoms with E-state index in [0.717, 1.165) is 30.0 Å². The molecule has 0 fully saturated rings. The Labute approximate surface area is 116 Å². The third-order valence-corrected chi connectivity index (χ3v) is 2.92. The van der Waals surface area contributed by atoms with Crippen LogP contribution < -0.4 is 11.1 Å². The number of aromatic nitrogens is 2. The van der Waals surface area contributed by atoms with Crippen LogP contribution in [-0.2, 0) is 11.2 Å². The number of hydrogen-bond donors (Lipinski definition) is 2. The predicted octanol–water partition coefficient (Wildman–Crippen LogP) is 2.55. The van der Waals surface area contributed by atoms with Gasteiger partial charge in [-0.05, 0) is 34.1 Å². The van der Waals surface area contributed by atoms with Gasteiger partial charge in [-0.25, -0.2) is 9.97 Å². The molecule has 0 aliphatic heterocycles. The molecule has 0 aliphatic rings. The van der Waals surface area contributed by atoms with E-state index in [0.29, 0.717) is 19.0 Å². The minimum Gasteiger partial charge on any atom is -0.383 e. The Bertz CT molecular complexity index is 418. The van der Waals surface area contributed by atoms with E-state index in [1.807, 2.05) is 13.8 Å². The minimum absolute atomic E-state index is 0.230. The van der Waals surface area contributed by atoms with E-state index in [9.17, 15) is 0 Å². The summed E-state index contributed by atoms with van der Waals surface area (Å²) in [6, 6.07) is 0. The summed E-state index contributed by atoms with van der Waals surface area (Å²) in [5.41, 5.74) is 6.59. The van der Waals surface area contributed by atoms with Crippen LogP contribution in [0.25, 0.3) is 0 Å². The minimum atomic E-state index is -0.230. The molecule has 0 atom stereocenters. The number of ether oxygens (including phenoxy) is 1. The Balaban J connectivity index is 2.82. The van der Waals surface area contributed by atoms with Crippen LogP contribution in [0.4, 0.5) is 11.6 Å². The molecule has 19 heavy (non-hydrogen) atoms. The van der Waals surface area contributed by atoms with Gasteiger partial charge in [-0.2, -0.15) is 0 Å². The van der Waals surface area contributed by atoms with Crippen LogP contribution >= 0.6 is 0 Å². The van der Waals surface area contributed by atoms with Gasteiger partial charge >= 0.3 is 0 Å². The van der Waals surface area contributed by atoms with Crippen LogP contribution in [0.5, 0.6) is 0 Å². The van der Waals surface area contributed by atoms with Gasteiger partial charge in [-0.1, -0.05) is 6.92 Å². The monoisotopic (exact) mass is 266 g/mol. The van der Waals surface area contributed by atoms with Crippen molar-refractivity contribution in [2.45, 2.75) is 53.1 Å². The van der Waals surface area contributed by atoms with Crippen LogP contribution in [0.1, 0.15) is 45.5 Å². The molecule has 0 spiro atoms. The van der Waals surface area contributed by atoms with Gasteiger partial charge in [0.05, 0.1) is 5.60 Å². The molecule has 1 aromatic rings. The van der Waals surface area contributed by atoms with Crippen LogP contribution in [-0.4, -0.2) is 28.7 Å². The Kier molecular flexibility index (Phi) is 5.54. The summed E-state index contributed by atoms with van der Waals surface area (Å²) in [6.07, 6.45) is 1.85. The second-order valence-corrected chi connectivity index (χ2v) is 5.29. The van der Waals surface area contributed by atoms with Crippen LogP contribution in [0.15, 0.2) is 0 Å². The van der Waals surface area contributed by atoms with Gasteiger partial charge in [0.15, 0.2) is 0 Å². The topological polar surface area (TPSA) is 73.1 Å². The number of nitrogens with one attached hydrogen (secondary N) is 1. The molecule has 0 radical (unpaired) electrons. The van der Waals surface area contributed by atoms with Crippen molar-refractivity contribution >= 4 is 11.6 Å². The highest BCUT2D eigenvalue weighted by Crippen LogP contribution is 2.19. The Morgan fingerprint density at radius 2 is 1.95 bits per heavy atom. The van der Waals surface area contributed by atoms with E-state index in [2.05, 4.69) is 36.1 Å². The fourth-order valence-electron chi connectivity index (χ4n) is 1.83. The van der Waals surface area contributed by atoms with Crippen molar-refractivity contribution in [3.05, 3.63) is 11.4 Å². The maximum atomic E-state index is 5.93. The Morgan fingerprint density at radius 3 is 2.53 bits per heavy atom. The maximum Gasteiger partial charge on any atom is 0.134 e. The van der Waals surface area contributed by atoms with Gasteiger partial charge in [0.2, 0.25) is 0 Å². The SMILES string of the molecule is CCCc1nc(N)c(C)c(NCC(C)(C)OCC)n1. The van der Waals surface area contributed by atoms with Gasteiger partial charge in [0.25, 0.3) is 0 Å². The first-order valence-corrected chi connectivity index (χ1v) is 6.90. The molecule has 5 nitrogen and oxygen atoms in total. The molecule has 0 saturated carbocycles. The smallest absolute Gasteiger partial charge is 0.134 e. The quantitative estimate of drug-likeness (QED) is 0.793. The molecule has 0 bridgehead atoms. The maximum absolute atomic E-state index is 5.93. The van der Waals surface area contributed by atoms with E-state index in [1.54, 1.807) is 0 Å². The number of rotatable bonds is 7. The molecule has 0 aliphatic carbocycles. The van der Waals surface area contributed by atoms with Gasteiger partial charge < -0.3 is 15.8 Å². The molecule has 5 heteroatoms. The second kappa shape index (κ2) is 6.70. The molecular formula is C14H26N4O. The van der Waals surface area contributed by atoms with Crippen molar-refractivity contribution in [1.82, 2.24) is 9.97 Å². The number of hydrogen-bond acceptors (Lipinski definition) is 5. The van der Waals surface area contributed by atoms with Gasteiger partial charge in [0.1, 0.15) is 17.5 Å². The molecule has 1 aromatic heterocycles. The van der Waals surface area contributed by atoms with Crippen LogP contribution in [0, 0.1) is 6.92 Å². The zero-order valence-electron chi connectivity index (χ0n) is 12.7. The molecule has 108 valence electrons. The fraction of sp³-hybridized carbons (Fsp3) is 0.714. The van der Waals surface area contributed by atoms with Gasteiger partial charge in [-0.15, -0.1) is 0 Å². The lowest BCUT2D eigenvalue weighted by Gasteiger charge is -2.25. The van der Waals surface area contributed by atoms with Crippen molar-refractivity contribution in [3.8, 4) is 0 Å². The van der Waals surface area contributed by atoms with Crippen molar-refractivity contribution < 1.29 is 4.74 Å². The summed E-state index contributed by atoms with van der Waals surface area (Å²) in [7, 11) is 0. The normalized spacial score (nSPS) is 11.6. The van der Waals surface area contributed by atoms with E-state index in [1.165, 1.54) is 0 Å². The van der Waals surface area contributed by atoms with Crippen molar-refractivity contribution in [2.75, 3.05) is 24.2 Å². The van der Waals surface area contributed by atoms with E-state index in [4.69, 9.17) is 10.5 Å². The zero-order chi connectivity index (χ0) is 14.5. The molecule has 0 amide bonds. The van der Waals surface area contributed by atoms with E-state index < -0.39 is 0 Å². The molecular weight excluding hydrogens is 240 g/mol. The average Bonchev–Trinajstić information content (AvgIpc) is 2.32.